The minimum absolute atomic E-state index is 0.0491. The summed E-state index contributed by atoms with van der Waals surface area (Å²) in [5.41, 5.74) is 5.03. The summed E-state index contributed by atoms with van der Waals surface area (Å²) in [4.78, 5) is 46.0. The number of benzene rings is 3. The molecule has 0 spiro atoms. The molecule has 1 N–H and O–H groups in total. The van der Waals surface area contributed by atoms with Crippen LogP contribution in [0.5, 0.6) is 11.5 Å². The van der Waals surface area contributed by atoms with Crippen LogP contribution in [0.2, 0.25) is 0 Å². The number of hydrogen-bond donors (Lipinski definition) is 1. The van der Waals surface area contributed by atoms with E-state index in [1.54, 1.807) is 18.9 Å². The van der Waals surface area contributed by atoms with Crippen molar-refractivity contribution in [1.82, 2.24) is 4.98 Å². The van der Waals surface area contributed by atoms with Crippen LogP contribution in [0.15, 0.2) is 76.6 Å². The number of fused-ring (bicyclic) bond motifs is 9. The molecule has 2 aliphatic carbocycles. The Morgan fingerprint density at radius 1 is 0.886 bits per heavy atom. The van der Waals surface area contributed by atoms with Crippen LogP contribution >= 0.6 is 23.1 Å². The maximum Gasteiger partial charge on any atom is 0.305 e. The van der Waals surface area contributed by atoms with Crippen LogP contribution in [0.4, 0.5) is 5.69 Å². The molecule has 0 radical (unpaired) electrons. The van der Waals surface area contributed by atoms with Gasteiger partial charge in [0, 0.05) is 16.0 Å². The van der Waals surface area contributed by atoms with Crippen LogP contribution in [0, 0.1) is 43.4 Å². The van der Waals surface area contributed by atoms with E-state index in [0.29, 0.717) is 23.8 Å². The molecule has 6 unspecified atom stereocenters. The van der Waals surface area contributed by atoms with Gasteiger partial charge in [-0.15, -0.1) is 11.8 Å². The molecule has 4 aromatic rings. The summed E-state index contributed by atoms with van der Waals surface area (Å²) in [6.07, 6.45) is 0.849. The molecular formula is C35H32N2O5S2. The van der Waals surface area contributed by atoms with Crippen molar-refractivity contribution in [2.24, 2.45) is 29.6 Å². The van der Waals surface area contributed by atoms with Gasteiger partial charge in [0.1, 0.15) is 6.61 Å². The van der Waals surface area contributed by atoms with Crippen molar-refractivity contribution >= 4 is 40.6 Å². The van der Waals surface area contributed by atoms with E-state index >= 15 is 0 Å². The van der Waals surface area contributed by atoms with Gasteiger partial charge in [0.05, 0.1) is 29.7 Å². The highest BCUT2D eigenvalue weighted by Crippen LogP contribution is 2.68. The summed E-state index contributed by atoms with van der Waals surface area (Å²) in [6.45, 7) is 4.48. The Labute approximate surface area is 263 Å². The fraction of sp³-hybridized carbons (Fsp3) is 0.343. The predicted molar refractivity (Wildman–Crippen MR) is 171 cm³/mol. The largest absolute Gasteiger partial charge is 0.493 e. The molecular weight excluding hydrogens is 593 g/mol. The Morgan fingerprint density at radius 2 is 1.66 bits per heavy atom. The molecule has 2 amide bonds. The number of methoxy groups -OCH3 is 1. The van der Waals surface area contributed by atoms with E-state index in [-0.39, 0.29) is 57.4 Å². The SMILES string of the molecule is COc1cc([C@H]2c3sc(=O)[nH]c3SC3C4CC(C5C(=O)N(c6ccc(C)cc6)C(=O)C45)C32)ccc1OCc1cccc(C)c1. The Kier molecular flexibility index (Phi) is 6.54. The van der Waals surface area contributed by atoms with Gasteiger partial charge in [0.2, 0.25) is 11.8 Å². The summed E-state index contributed by atoms with van der Waals surface area (Å²) < 4.78 is 12.0. The molecule has 2 aliphatic heterocycles. The molecule has 2 bridgehead atoms. The van der Waals surface area contributed by atoms with Crippen molar-refractivity contribution in [1.29, 1.82) is 0 Å². The summed E-state index contributed by atoms with van der Waals surface area (Å²) in [5, 5.41) is 1.02. The first-order valence-corrected chi connectivity index (χ1v) is 16.7. The number of thioether (sulfide) groups is 1. The van der Waals surface area contributed by atoms with Crippen LogP contribution in [0.25, 0.3) is 0 Å². The quantitative estimate of drug-likeness (QED) is 0.253. The van der Waals surface area contributed by atoms with E-state index in [1.807, 2.05) is 55.5 Å². The van der Waals surface area contributed by atoms with Crippen molar-refractivity contribution in [2.75, 3.05) is 12.0 Å². The Hall–Kier alpha value is -3.82. The highest BCUT2D eigenvalue weighted by atomic mass is 32.2. The van der Waals surface area contributed by atoms with Gasteiger partial charge in [0.25, 0.3) is 0 Å². The molecule has 3 aromatic carbocycles. The number of aromatic nitrogens is 1. The number of carbonyl (C=O) groups excluding carboxylic acids is 2. The zero-order valence-electron chi connectivity index (χ0n) is 24.6. The van der Waals surface area contributed by atoms with Gasteiger partial charge in [-0.1, -0.05) is 64.9 Å². The lowest BCUT2D eigenvalue weighted by Crippen LogP contribution is -2.42. The van der Waals surface area contributed by atoms with Crippen molar-refractivity contribution in [3.63, 3.8) is 0 Å². The summed E-state index contributed by atoms with van der Waals surface area (Å²) in [6, 6.07) is 21.9. The van der Waals surface area contributed by atoms with Crippen molar-refractivity contribution in [2.45, 2.75) is 43.1 Å². The second-order valence-electron chi connectivity index (χ2n) is 12.5. The van der Waals surface area contributed by atoms with Gasteiger partial charge >= 0.3 is 4.87 Å². The number of imide groups is 1. The summed E-state index contributed by atoms with van der Waals surface area (Å²) in [7, 11) is 1.64. The fourth-order valence-electron chi connectivity index (χ4n) is 8.30. The van der Waals surface area contributed by atoms with E-state index < -0.39 is 0 Å². The molecule has 3 fully saturated rings. The molecule has 1 saturated heterocycles. The number of aryl methyl sites for hydroxylation is 2. The van der Waals surface area contributed by atoms with Crippen LogP contribution < -0.4 is 19.2 Å². The number of H-pyrrole nitrogens is 1. The van der Waals surface area contributed by atoms with Crippen LogP contribution in [0.1, 0.15) is 39.5 Å². The van der Waals surface area contributed by atoms with Gasteiger partial charge in [0.15, 0.2) is 11.5 Å². The zero-order valence-corrected chi connectivity index (χ0v) is 26.2. The molecule has 7 atom stereocenters. The van der Waals surface area contributed by atoms with Gasteiger partial charge < -0.3 is 14.5 Å². The third kappa shape index (κ3) is 4.19. The third-order valence-corrected chi connectivity index (χ3v) is 12.6. The van der Waals surface area contributed by atoms with E-state index in [2.05, 4.69) is 30.1 Å². The molecule has 1 aromatic heterocycles. The number of hydrogen-bond acceptors (Lipinski definition) is 7. The third-order valence-electron chi connectivity index (χ3n) is 10.0. The maximum absolute atomic E-state index is 14.0. The van der Waals surface area contributed by atoms with Crippen molar-refractivity contribution in [3.8, 4) is 11.5 Å². The van der Waals surface area contributed by atoms with E-state index in [1.165, 1.54) is 21.8 Å². The minimum Gasteiger partial charge on any atom is -0.493 e. The first-order chi connectivity index (χ1) is 21.3. The van der Waals surface area contributed by atoms with Crippen LogP contribution in [-0.2, 0) is 16.2 Å². The monoisotopic (exact) mass is 624 g/mol. The molecule has 4 aliphatic rings. The van der Waals surface area contributed by atoms with Crippen molar-refractivity contribution < 1.29 is 19.1 Å². The second-order valence-corrected chi connectivity index (χ2v) is 14.7. The van der Waals surface area contributed by atoms with Gasteiger partial charge in [-0.3, -0.25) is 19.3 Å². The molecule has 224 valence electrons. The Bertz CT molecular complexity index is 1860. The number of nitrogens with one attached hydrogen (secondary N) is 1. The second kappa shape index (κ2) is 10.4. The molecule has 9 heteroatoms. The van der Waals surface area contributed by atoms with Crippen LogP contribution in [-0.4, -0.2) is 29.2 Å². The fourth-order valence-corrected chi connectivity index (χ4v) is 11.2. The molecule has 3 heterocycles. The van der Waals surface area contributed by atoms with Gasteiger partial charge in [-0.05, 0) is 73.4 Å². The highest BCUT2D eigenvalue weighted by Gasteiger charge is 2.69. The number of ether oxygens (including phenoxy) is 2. The number of nitrogens with zero attached hydrogens (tertiary/aromatic N) is 1. The standard InChI is InChI=1S/C35H32N2O5S2/c1-17-7-10-21(11-8-17)37-33(38)28-22-15-23(29(28)34(37)39)30-27(22)26(31-32(43-30)36-35(40)44-31)20-9-12-24(25(14-20)41-3)42-16-19-6-4-5-18(2)13-19/h4-14,22-23,26-30H,15-16H2,1-3H3,(H,36,40)/t22?,23?,26-,27?,28?,29?,30?/m1/s1. The van der Waals surface area contributed by atoms with Gasteiger partial charge in [-0.25, -0.2) is 0 Å². The lowest BCUT2D eigenvalue weighted by Gasteiger charge is -2.43. The normalized spacial score (nSPS) is 28.2. The lowest BCUT2D eigenvalue weighted by molar-refractivity contribution is -0.123. The first-order valence-electron chi connectivity index (χ1n) is 15.0. The molecule has 8 rings (SSSR count). The van der Waals surface area contributed by atoms with E-state index in [0.717, 1.165) is 33.0 Å². The average Bonchev–Trinajstić information content (AvgIpc) is 3.75. The van der Waals surface area contributed by atoms with Crippen LogP contribution in [0.3, 0.4) is 0 Å². The average molecular weight is 625 g/mol. The molecule has 44 heavy (non-hydrogen) atoms. The predicted octanol–water partition coefficient (Wildman–Crippen LogP) is 6.32. The van der Waals surface area contributed by atoms with Gasteiger partial charge in [-0.2, -0.15) is 0 Å². The zero-order chi connectivity index (χ0) is 30.3. The Balaban J connectivity index is 1.15. The number of anilines is 1. The first kappa shape index (κ1) is 27.7. The lowest BCUT2D eigenvalue weighted by atomic mass is 9.68. The number of thiazole rings is 1. The minimum atomic E-state index is -0.339. The smallest absolute Gasteiger partial charge is 0.305 e. The van der Waals surface area contributed by atoms with Crippen molar-refractivity contribution in [3.05, 3.63) is 104 Å². The summed E-state index contributed by atoms with van der Waals surface area (Å²) >= 11 is 2.95. The number of rotatable bonds is 6. The Morgan fingerprint density at radius 3 is 2.41 bits per heavy atom. The molecule has 2 saturated carbocycles. The number of aromatic amines is 1. The van der Waals surface area contributed by atoms with E-state index in [4.69, 9.17) is 9.47 Å². The summed E-state index contributed by atoms with van der Waals surface area (Å²) in [5.74, 6) is 0.621. The number of carbonyl (C=O) groups is 2. The highest BCUT2D eigenvalue weighted by molar-refractivity contribution is 8.00. The van der Waals surface area contributed by atoms with E-state index in [9.17, 15) is 14.4 Å². The maximum atomic E-state index is 14.0. The topological polar surface area (TPSA) is 88.7 Å². The number of amides is 2. The molecule has 7 nitrogen and oxygen atoms in total.